The fourth-order valence-electron chi connectivity index (χ4n) is 1.47. The van der Waals surface area contributed by atoms with Crippen LogP contribution in [0.15, 0.2) is 30.5 Å². The van der Waals surface area contributed by atoms with Crippen LogP contribution in [0.25, 0.3) is 5.69 Å². The smallest absolute Gasteiger partial charge is 0.240 e. The van der Waals surface area contributed by atoms with E-state index < -0.39 is 11.9 Å². The van der Waals surface area contributed by atoms with E-state index in [9.17, 15) is 13.2 Å². The summed E-state index contributed by atoms with van der Waals surface area (Å²) in [5, 5.41) is 3.88. The Hall–Kier alpha value is -1.20. The van der Waals surface area contributed by atoms with Gasteiger partial charge in [0.05, 0.1) is 5.69 Å². The maximum Gasteiger partial charge on any atom is 0.435 e. The number of aromatic nitrogens is 2. The van der Waals surface area contributed by atoms with Crippen LogP contribution in [0.4, 0.5) is 13.2 Å². The van der Waals surface area contributed by atoms with E-state index in [2.05, 4.69) is 5.10 Å². The maximum absolute atomic E-state index is 12.5. The predicted molar refractivity (Wildman–Crippen MR) is 63.1 cm³/mol. The second kappa shape index (κ2) is 4.82. The van der Waals surface area contributed by atoms with Gasteiger partial charge < -0.3 is 0 Å². The molecule has 7 heteroatoms. The van der Waals surface area contributed by atoms with E-state index in [4.69, 9.17) is 23.2 Å². The van der Waals surface area contributed by atoms with E-state index in [0.717, 1.165) is 10.7 Å². The number of alkyl halides is 4. The molecule has 0 aliphatic heterocycles. The van der Waals surface area contributed by atoms with Crippen LogP contribution in [0.2, 0.25) is 5.02 Å². The van der Waals surface area contributed by atoms with Gasteiger partial charge in [0.2, 0.25) is 0 Å². The topological polar surface area (TPSA) is 17.8 Å². The zero-order valence-electron chi connectivity index (χ0n) is 8.88. The summed E-state index contributed by atoms with van der Waals surface area (Å²) in [4.78, 5) is 0. The molecule has 0 unspecified atom stereocenters. The average Bonchev–Trinajstić information content (AvgIpc) is 2.77. The summed E-state index contributed by atoms with van der Waals surface area (Å²) in [6.07, 6.45) is -3.24. The molecule has 1 aromatic carbocycles. The van der Waals surface area contributed by atoms with Crippen LogP contribution < -0.4 is 0 Å². The molecular weight excluding hydrogens is 288 g/mol. The monoisotopic (exact) mass is 294 g/mol. The third-order valence-corrected chi connectivity index (χ3v) is 2.84. The highest BCUT2D eigenvalue weighted by atomic mass is 35.5. The Kier molecular flexibility index (Phi) is 3.54. The van der Waals surface area contributed by atoms with Gasteiger partial charge in [-0.15, -0.1) is 11.6 Å². The van der Waals surface area contributed by atoms with E-state index in [0.29, 0.717) is 16.3 Å². The molecule has 0 radical (unpaired) electrons. The third-order valence-electron chi connectivity index (χ3n) is 2.32. The van der Waals surface area contributed by atoms with E-state index in [1.54, 1.807) is 12.1 Å². The Morgan fingerprint density at radius 3 is 2.50 bits per heavy atom. The number of rotatable bonds is 2. The van der Waals surface area contributed by atoms with Crippen LogP contribution in [0.3, 0.4) is 0 Å². The van der Waals surface area contributed by atoms with Crippen molar-refractivity contribution in [2.75, 3.05) is 0 Å². The minimum absolute atomic E-state index is 0.160. The molecule has 0 aliphatic carbocycles. The molecule has 0 fully saturated rings. The van der Waals surface area contributed by atoms with Crippen LogP contribution in [-0.4, -0.2) is 9.78 Å². The first-order valence-electron chi connectivity index (χ1n) is 4.89. The van der Waals surface area contributed by atoms with Crippen molar-refractivity contribution in [3.63, 3.8) is 0 Å². The maximum atomic E-state index is 12.5. The van der Waals surface area contributed by atoms with Crippen LogP contribution >= 0.6 is 23.2 Å². The lowest BCUT2D eigenvalue weighted by atomic mass is 10.2. The molecule has 0 spiro atoms. The molecule has 2 nitrogen and oxygen atoms in total. The van der Waals surface area contributed by atoms with Gasteiger partial charge in [0, 0.05) is 17.1 Å². The lowest BCUT2D eigenvalue weighted by molar-refractivity contribution is -0.141. The summed E-state index contributed by atoms with van der Waals surface area (Å²) in [6.45, 7) is 0. The molecule has 0 amide bonds. The van der Waals surface area contributed by atoms with Crippen LogP contribution in [0.1, 0.15) is 11.3 Å². The molecule has 96 valence electrons. The van der Waals surface area contributed by atoms with Gasteiger partial charge in [0.25, 0.3) is 0 Å². The lowest BCUT2D eigenvalue weighted by Gasteiger charge is -2.08. The van der Waals surface area contributed by atoms with Crippen LogP contribution in [0, 0.1) is 0 Å². The zero-order valence-corrected chi connectivity index (χ0v) is 10.4. The van der Waals surface area contributed by atoms with Crippen molar-refractivity contribution < 1.29 is 13.2 Å². The van der Waals surface area contributed by atoms with E-state index in [-0.39, 0.29) is 5.88 Å². The Bertz CT molecular complexity index is 564. The Morgan fingerprint density at radius 2 is 1.94 bits per heavy atom. The summed E-state index contributed by atoms with van der Waals surface area (Å²) in [6, 6.07) is 5.70. The zero-order chi connectivity index (χ0) is 13.3. The van der Waals surface area contributed by atoms with E-state index in [1.807, 2.05) is 0 Å². The van der Waals surface area contributed by atoms with E-state index >= 15 is 0 Å². The van der Waals surface area contributed by atoms with Crippen molar-refractivity contribution in [3.05, 3.63) is 46.7 Å². The van der Waals surface area contributed by atoms with Crippen molar-refractivity contribution in [2.24, 2.45) is 0 Å². The van der Waals surface area contributed by atoms with Gasteiger partial charge in [-0.2, -0.15) is 18.3 Å². The van der Waals surface area contributed by atoms with Crippen molar-refractivity contribution in [1.82, 2.24) is 9.78 Å². The molecule has 0 bridgehead atoms. The van der Waals surface area contributed by atoms with Gasteiger partial charge >= 0.3 is 6.18 Å². The standard InChI is InChI=1S/C11H7Cl2F3N2/c12-6-7-1-2-8(13)5-9(7)18-4-3-10(17-18)11(14,15)16/h1-5H,6H2. The molecule has 0 aliphatic rings. The van der Waals surface area contributed by atoms with Crippen molar-refractivity contribution >= 4 is 23.2 Å². The normalized spacial score (nSPS) is 11.8. The number of benzene rings is 1. The van der Waals surface area contributed by atoms with Gasteiger partial charge in [-0.05, 0) is 23.8 Å². The highest BCUT2D eigenvalue weighted by Crippen LogP contribution is 2.29. The predicted octanol–water partition coefficient (Wildman–Crippen LogP) is 4.28. The first-order valence-corrected chi connectivity index (χ1v) is 5.80. The Morgan fingerprint density at radius 1 is 1.22 bits per heavy atom. The highest BCUT2D eigenvalue weighted by Gasteiger charge is 2.33. The minimum Gasteiger partial charge on any atom is -0.240 e. The van der Waals surface area contributed by atoms with Gasteiger partial charge in [-0.1, -0.05) is 17.7 Å². The molecule has 1 heterocycles. The molecule has 0 N–H and O–H groups in total. The quantitative estimate of drug-likeness (QED) is 0.756. The second-order valence-corrected chi connectivity index (χ2v) is 4.25. The van der Waals surface area contributed by atoms with Gasteiger partial charge in [0.15, 0.2) is 5.69 Å². The highest BCUT2D eigenvalue weighted by molar-refractivity contribution is 6.30. The number of halogens is 5. The van der Waals surface area contributed by atoms with Crippen molar-refractivity contribution in [3.8, 4) is 5.69 Å². The summed E-state index contributed by atoms with van der Waals surface area (Å²) in [7, 11) is 0. The molecule has 2 rings (SSSR count). The molecule has 0 saturated carbocycles. The minimum atomic E-state index is -4.47. The van der Waals surface area contributed by atoms with Crippen molar-refractivity contribution in [2.45, 2.75) is 12.1 Å². The summed E-state index contributed by atoms with van der Waals surface area (Å²) >= 11 is 11.5. The summed E-state index contributed by atoms with van der Waals surface area (Å²) < 4.78 is 38.5. The first kappa shape index (κ1) is 13.2. The average molecular weight is 295 g/mol. The first-order chi connectivity index (χ1) is 8.41. The van der Waals surface area contributed by atoms with Crippen LogP contribution in [0.5, 0.6) is 0 Å². The Balaban J connectivity index is 2.49. The lowest BCUT2D eigenvalue weighted by Crippen LogP contribution is -2.08. The fourth-order valence-corrected chi connectivity index (χ4v) is 1.86. The number of nitrogens with zero attached hydrogens (tertiary/aromatic N) is 2. The fraction of sp³-hybridized carbons (Fsp3) is 0.182. The largest absolute Gasteiger partial charge is 0.435 e. The van der Waals surface area contributed by atoms with Gasteiger partial charge in [-0.3, -0.25) is 0 Å². The van der Waals surface area contributed by atoms with Crippen LogP contribution in [-0.2, 0) is 12.1 Å². The number of hydrogen-bond donors (Lipinski definition) is 0. The number of hydrogen-bond acceptors (Lipinski definition) is 1. The van der Waals surface area contributed by atoms with Gasteiger partial charge in [-0.25, -0.2) is 4.68 Å². The summed E-state index contributed by atoms with van der Waals surface area (Å²) in [5.74, 6) is 0.160. The third kappa shape index (κ3) is 2.62. The molecular formula is C11H7Cl2F3N2. The SMILES string of the molecule is FC(F)(F)c1ccn(-c2cc(Cl)ccc2CCl)n1. The molecule has 2 aromatic rings. The molecule has 1 aromatic heterocycles. The van der Waals surface area contributed by atoms with Gasteiger partial charge in [0.1, 0.15) is 0 Å². The van der Waals surface area contributed by atoms with E-state index in [1.165, 1.54) is 12.3 Å². The Labute approximate surface area is 111 Å². The molecule has 0 atom stereocenters. The molecule has 18 heavy (non-hydrogen) atoms. The second-order valence-electron chi connectivity index (χ2n) is 3.55. The summed E-state index contributed by atoms with van der Waals surface area (Å²) in [5.41, 5.74) is 0.133. The molecule has 0 saturated heterocycles. The van der Waals surface area contributed by atoms with Crippen molar-refractivity contribution in [1.29, 1.82) is 0 Å².